The van der Waals surface area contributed by atoms with Gasteiger partial charge in [0.2, 0.25) is 0 Å². The first kappa shape index (κ1) is 15.8. The van der Waals surface area contributed by atoms with Crippen molar-refractivity contribution >= 4 is 0 Å². The summed E-state index contributed by atoms with van der Waals surface area (Å²) in [6.45, 7) is 1.48. The Morgan fingerprint density at radius 2 is 1.54 bits per heavy atom. The zero-order chi connectivity index (χ0) is 16.2. The molecule has 1 aliphatic carbocycles. The average molecular weight is 324 g/mol. The van der Waals surface area contributed by atoms with Crippen molar-refractivity contribution < 1.29 is 9.47 Å². The second-order valence-electron chi connectivity index (χ2n) is 6.67. The van der Waals surface area contributed by atoms with Gasteiger partial charge in [0.1, 0.15) is 0 Å². The quantitative estimate of drug-likeness (QED) is 0.935. The van der Waals surface area contributed by atoms with E-state index in [1.54, 1.807) is 0 Å². The molecule has 1 spiro atoms. The maximum Gasteiger partial charge on any atom is 0.168 e. The predicted molar refractivity (Wildman–Crippen MR) is 92.5 cm³/mol. The van der Waals surface area contributed by atoms with Gasteiger partial charge < -0.3 is 14.8 Å². The summed E-state index contributed by atoms with van der Waals surface area (Å²) in [7, 11) is 0. The Bertz CT molecular complexity index is 592. The van der Waals surface area contributed by atoms with E-state index in [0.717, 1.165) is 38.9 Å². The zero-order valence-electron chi connectivity index (χ0n) is 13.9. The number of nitrogens with one attached hydrogen (secondary N) is 1. The van der Waals surface area contributed by atoms with E-state index in [1.165, 1.54) is 11.1 Å². The Balaban J connectivity index is 1.49. The maximum atomic E-state index is 5.85. The number of nitrogens with zero attached hydrogens (tertiary/aromatic N) is 1. The molecule has 1 N–H and O–H groups in total. The van der Waals surface area contributed by atoms with Crippen molar-refractivity contribution in [2.75, 3.05) is 13.2 Å². The minimum absolute atomic E-state index is 0.193. The molecule has 1 saturated carbocycles. The van der Waals surface area contributed by atoms with Crippen molar-refractivity contribution in [3.05, 3.63) is 66.0 Å². The summed E-state index contributed by atoms with van der Waals surface area (Å²) < 4.78 is 11.7. The van der Waals surface area contributed by atoms with E-state index in [-0.39, 0.29) is 11.8 Å². The smallest absolute Gasteiger partial charge is 0.168 e. The Morgan fingerprint density at radius 1 is 0.917 bits per heavy atom. The van der Waals surface area contributed by atoms with E-state index in [9.17, 15) is 0 Å². The highest BCUT2D eigenvalue weighted by Crippen LogP contribution is 2.36. The lowest BCUT2D eigenvalue weighted by Gasteiger charge is -2.37. The molecule has 0 radical (unpaired) electrons. The van der Waals surface area contributed by atoms with Crippen molar-refractivity contribution in [2.45, 2.75) is 43.6 Å². The third-order valence-corrected chi connectivity index (χ3v) is 5.14. The van der Waals surface area contributed by atoms with Crippen LogP contribution in [0, 0.1) is 0 Å². The molecule has 2 fully saturated rings. The van der Waals surface area contributed by atoms with Gasteiger partial charge >= 0.3 is 0 Å². The summed E-state index contributed by atoms with van der Waals surface area (Å²) in [4.78, 5) is 4.16. The fourth-order valence-corrected chi connectivity index (χ4v) is 3.83. The van der Waals surface area contributed by atoms with Gasteiger partial charge in [-0.25, -0.2) is 0 Å². The molecule has 2 aromatic rings. The molecule has 1 aromatic carbocycles. The topological polar surface area (TPSA) is 43.4 Å². The average Bonchev–Trinajstić information content (AvgIpc) is 3.11. The van der Waals surface area contributed by atoms with Crippen LogP contribution in [0.5, 0.6) is 0 Å². The third kappa shape index (κ3) is 3.36. The van der Waals surface area contributed by atoms with Crippen LogP contribution in [-0.2, 0) is 9.47 Å². The molecule has 1 unspecified atom stereocenters. The molecular weight excluding hydrogens is 300 g/mol. The molecule has 2 aliphatic rings. The van der Waals surface area contributed by atoms with Gasteiger partial charge in [-0.05, 0) is 36.1 Å². The number of pyridine rings is 1. The van der Waals surface area contributed by atoms with Crippen molar-refractivity contribution in [1.29, 1.82) is 0 Å². The summed E-state index contributed by atoms with van der Waals surface area (Å²) in [5, 5.41) is 3.86. The van der Waals surface area contributed by atoms with E-state index in [2.05, 4.69) is 52.8 Å². The van der Waals surface area contributed by atoms with Crippen LogP contribution in [0.15, 0.2) is 54.9 Å². The van der Waals surface area contributed by atoms with Crippen molar-refractivity contribution in [2.24, 2.45) is 0 Å². The molecule has 1 aromatic heterocycles. The van der Waals surface area contributed by atoms with Crippen LogP contribution >= 0.6 is 0 Å². The fourth-order valence-electron chi connectivity index (χ4n) is 3.83. The monoisotopic (exact) mass is 324 g/mol. The Morgan fingerprint density at radius 3 is 2.21 bits per heavy atom. The molecule has 1 saturated heterocycles. The predicted octanol–water partition coefficient (Wildman–Crippen LogP) is 3.45. The summed E-state index contributed by atoms with van der Waals surface area (Å²) in [6, 6.07) is 15.5. The van der Waals surface area contributed by atoms with Gasteiger partial charge in [0.25, 0.3) is 0 Å². The van der Waals surface area contributed by atoms with Crippen LogP contribution in [0.3, 0.4) is 0 Å². The Labute approximate surface area is 143 Å². The van der Waals surface area contributed by atoms with Crippen LogP contribution in [0.1, 0.15) is 42.9 Å². The standard InChI is InChI=1S/C20H24N2O2/c1-2-4-16(5-3-1)19(17-8-12-21-13-9-17)22-18-6-10-20(11-7-18)23-14-15-24-20/h1-5,8-9,12-13,18-19,22H,6-7,10-11,14-15H2. The van der Waals surface area contributed by atoms with Crippen molar-refractivity contribution in [3.8, 4) is 0 Å². The van der Waals surface area contributed by atoms with E-state index in [0.29, 0.717) is 6.04 Å². The molecule has 126 valence electrons. The number of ether oxygens (including phenoxy) is 2. The molecule has 1 atom stereocenters. The molecule has 4 rings (SSSR count). The Kier molecular flexibility index (Phi) is 4.60. The summed E-state index contributed by atoms with van der Waals surface area (Å²) in [5.41, 5.74) is 2.54. The normalized spacial score (nSPS) is 21.8. The summed E-state index contributed by atoms with van der Waals surface area (Å²) in [6.07, 6.45) is 7.83. The number of hydrogen-bond donors (Lipinski definition) is 1. The van der Waals surface area contributed by atoms with Crippen LogP contribution in [0.25, 0.3) is 0 Å². The lowest BCUT2D eigenvalue weighted by atomic mass is 9.88. The van der Waals surface area contributed by atoms with E-state index in [1.807, 2.05) is 12.4 Å². The van der Waals surface area contributed by atoms with Crippen LogP contribution in [0.2, 0.25) is 0 Å². The first-order valence-corrected chi connectivity index (χ1v) is 8.84. The van der Waals surface area contributed by atoms with Crippen LogP contribution in [-0.4, -0.2) is 30.0 Å². The molecule has 24 heavy (non-hydrogen) atoms. The highest BCUT2D eigenvalue weighted by molar-refractivity contribution is 5.30. The molecule has 4 nitrogen and oxygen atoms in total. The van der Waals surface area contributed by atoms with Gasteiger partial charge in [-0.1, -0.05) is 30.3 Å². The minimum Gasteiger partial charge on any atom is -0.348 e. The first-order valence-electron chi connectivity index (χ1n) is 8.84. The van der Waals surface area contributed by atoms with Gasteiger partial charge in [-0.15, -0.1) is 0 Å². The van der Waals surface area contributed by atoms with Gasteiger partial charge in [-0.2, -0.15) is 0 Å². The highest BCUT2D eigenvalue weighted by Gasteiger charge is 2.40. The van der Waals surface area contributed by atoms with Crippen LogP contribution in [0.4, 0.5) is 0 Å². The van der Waals surface area contributed by atoms with E-state index >= 15 is 0 Å². The van der Waals surface area contributed by atoms with Gasteiger partial charge in [0, 0.05) is 31.3 Å². The molecule has 0 amide bonds. The maximum absolute atomic E-state index is 5.85. The molecule has 2 heterocycles. The molecular formula is C20H24N2O2. The van der Waals surface area contributed by atoms with Crippen molar-refractivity contribution in [1.82, 2.24) is 10.3 Å². The third-order valence-electron chi connectivity index (χ3n) is 5.14. The number of benzene rings is 1. The van der Waals surface area contributed by atoms with E-state index < -0.39 is 0 Å². The summed E-state index contributed by atoms with van der Waals surface area (Å²) in [5.74, 6) is -0.295. The number of aromatic nitrogens is 1. The van der Waals surface area contributed by atoms with Crippen molar-refractivity contribution in [3.63, 3.8) is 0 Å². The minimum atomic E-state index is -0.295. The van der Waals surface area contributed by atoms with Crippen LogP contribution < -0.4 is 5.32 Å². The molecule has 4 heteroatoms. The lowest BCUT2D eigenvalue weighted by Crippen LogP contribution is -2.43. The highest BCUT2D eigenvalue weighted by atomic mass is 16.7. The SMILES string of the molecule is c1ccc(C(NC2CCC3(CC2)OCCO3)c2ccncc2)cc1. The second-order valence-corrected chi connectivity index (χ2v) is 6.67. The van der Waals surface area contributed by atoms with Gasteiger partial charge in [-0.3, -0.25) is 4.98 Å². The van der Waals surface area contributed by atoms with E-state index in [4.69, 9.17) is 9.47 Å². The fraction of sp³-hybridized carbons (Fsp3) is 0.450. The second kappa shape index (κ2) is 7.01. The zero-order valence-corrected chi connectivity index (χ0v) is 13.9. The lowest BCUT2D eigenvalue weighted by molar-refractivity contribution is -0.179. The van der Waals surface area contributed by atoms with Gasteiger partial charge in [0.15, 0.2) is 5.79 Å². The molecule has 0 bridgehead atoms. The Hall–Kier alpha value is -1.75. The van der Waals surface area contributed by atoms with Gasteiger partial charge in [0.05, 0.1) is 19.3 Å². The number of rotatable bonds is 4. The molecule has 1 aliphatic heterocycles. The summed E-state index contributed by atoms with van der Waals surface area (Å²) >= 11 is 0. The largest absolute Gasteiger partial charge is 0.348 e. The number of hydrogen-bond acceptors (Lipinski definition) is 4. The first-order chi connectivity index (χ1) is 11.8.